The van der Waals surface area contributed by atoms with Gasteiger partial charge in [-0.05, 0) is 6.07 Å². The van der Waals surface area contributed by atoms with E-state index in [0.717, 1.165) is 18.2 Å². The summed E-state index contributed by atoms with van der Waals surface area (Å²) in [4.78, 5) is 0. The first-order valence-corrected chi connectivity index (χ1v) is 4.82. The first kappa shape index (κ1) is 15.5. The smallest absolute Gasteiger partial charge is 0.428 e. The van der Waals surface area contributed by atoms with Crippen molar-refractivity contribution in [1.82, 2.24) is 0 Å². The molecule has 0 aromatic heterocycles. The van der Waals surface area contributed by atoms with Crippen molar-refractivity contribution in [3.63, 3.8) is 0 Å². The number of nitrogens with two attached hydrogens (primary N) is 1. The minimum absolute atomic E-state index is 0.706. The van der Waals surface area contributed by atoms with Gasteiger partial charge in [-0.3, -0.25) is 0 Å². The molecule has 1 aromatic rings. The first-order valence-electron chi connectivity index (χ1n) is 4.82. The molecule has 0 aliphatic carbocycles. The highest BCUT2D eigenvalue weighted by molar-refractivity contribution is 5.36. The van der Waals surface area contributed by atoms with Gasteiger partial charge in [0.15, 0.2) is 0 Å². The van der Waals surface area contributed by atoms with E-state index in [4.69, 9.17) is 5.73 Å². The molecule has 0 radical (unpaired) electrons. The van der Waals surface area contributed by atoms with Crippen LogP contribution in [0.4, 0.5) is 30.7 Å². The lowest BCUT2D eigenvalue weighted by Gasteiger charge is -2.22. The lowest BCUT2D eigenvalue weighted by Crippen LogP contribution is -2.35. The fourth-order valence-corrected chi connectivity index (χ4v) is 1.20. The van der Waals surface area contributed by atoms with Crippen molar-refractivity contribution in [3.8, 4) is 5.75 Å². The number of alkyl halides is 7. The molecule has 1 atom stereocenters. The Balaban J connectivity index is 3.10. The van der Waals surface area contributed by atoms with E-state index in [-0.39, 0.29) is 0 Å². The topological polar surface area (TPSA) is 35.2 Å². The maximum absolute atomic E-state index is 12.7. The maximum atomic E-state index is 12.7. The van der Waals surface area contributed by atoms with E-state index in [1.54, 1.807) is 0 Å². The molecule has 0 saturated carbocycles. The lowest BCUT2D eigenvalue weighted by atomic mass is 10.1. The minimum Gasteiger partial charge on any atom is -0.428 e. The summed E-state index contributed by atoms with van der Waals surface area (Å²) in [6.45, 7) is 0. The van der Waals surface area contributed by atoms with Crippen LogP contribution in [-0.4, -0.2) is 18.7 Å². The molecular weight excluding hydrogens is 283 g/mol. The molecule has 0 fully saturated rings. The SMILES string of the molecule is N[C@@H](c1ccccc1OC(F)(F)C(F)F)C(F)(F)F. The van der Waals surface area contributed by atoms with Gasteiger partial charge in [0, 0.05) is 5.56 Å². The van der Waals surface area contributed by atoms with E-state index in [0.29, 0.717) is 6.07 Å². The average Bonchev–Trinajstić information content (AvgIpc) is 2.27. The fraction of sp³-hybridized carbons (Fsp3) is 0.400. The van der Waals surface area contributed by atoms with Gasteiger partial charge in [-0.1, -0.05) is 18.2 Å². The number of hydrogen-bond acceptors (Lipinski definition) is 2. The van der Waals surface area contributed by atoms with Crippen LogP contribution in [0.25, 0.3) is 0 Å². The zero-order valence-corrected chi connectivity index (χ0v) is 9.10. The van der Waals surface area contributed by atoms with E-state index in [2.05, 4.69) is 4.74 Å². The molecule has 0 aliphatic heterocycles. The van der Waals surface area contributed by atoms with Crippen molar-refractivity contribution in [2.75, 3.05) is 0 Å². The molecule has 0 unspecified atom stereocenters. The van der Waals surface area contributed by atoms with Crippen LogP contribution in [0, 0.1) is 0 Å². The third-order valence-corrected chi connectivity index (χ3v) is 2.11. The van der Waals surface area contributed by atoms with E-state index in [1.807, 2.05) is 0 Å². The molecule has 1 rings (SSSR count). The summed E-state index contributed by atoms with van der Waals surface area (Å²) in [6, 6.07) is 1.02. The van der Waals surface area contributed by atoms with Crippen LogP contribution < -0.4 is 10.5 Å². The number of halogens is 7. The monoisotopic (exact) mass is 291 g/mol. The molecule has 0 aliphatic rings. The summed E-state index contributed by atoms with van der Waals surface area (Å²) in [5.41, 5.74) is 3.98. The Hall–Kier alpha value is -1.51. The number of para-hydroxylation sites is 1. The van der Waals surface area contributed by atoms with E-state index >= 15 is 0 Å². The quantitative estimate of drug-likeness (QED) is 0.862. The predicted octanol–water partition coefficient (Wildman–Crippen LogP) is 3.49. The molecule has 0 amide bonds. The molecule has 0 saturated heterocycles. The van der Waals surface area contributed by atoms with Gasteiger partial charge in [0.2, 0.25) is 0 Å². The zero-order chi connectivity index (χ0) is 14.8. The largest absolute Gasteiger partial charge is 0.461 e. The van der Waals surface area contributed by atoms with Crippen molar-refractivity contribution < 1.29 is 35.5 Å². The third-order valence-electron chi connectivity index (χ3n) is 2.11. The van der Waals surface area contributed by atoms with Gasteiger partial charge in [0.05, 0.1) is 0 Å². The van der Waals surface area contributed by atoms with E-state index in [1.165, 1.54) is 0 Å². The van der Waals surface area contributed by atoms with Crippen LogP contribution in [0.15, 0.2) is 24.3 Å². The fourth-order valence-electron chi connectivity index (χ4n) is 1.20. The Bertz CT molecular complexity index is 432. The molecule has 0 bridgehead atoms. The number of rotatable bonds is 4. The second-order valence-corrected chi connectivity index (χ2v) is 3.52. The Kier molecular flexibility index (Phi) is 4.28. The molecule has 19 heavy (non-hydrogen) atoms. The van der Waals surface area contributed by atoms with Gasteiger partial charge in [0.1, 0.15) is 11.8 Å². The van der Waals surface area contributed by atoms with Gasteiger partial charge in [-0.25, -0.2) is 0 Å². The summed E-state index contributed by atoms with van der Waals surface area (Å²) in [5, 5.41) is 0. The second-order valence-electron chi connectivity index (χ2n) is 3.52. The zero-order valence-electron chi connectivity index (χ0n) is 9.10. The van der Waals surface area contributed by atoms with Crippen molar-refractivity contribution in [3.05, 3.63) is 29.8 Å². The van der Waals surface area contributed by atoms with Gasteiger partial charge in [-0.2, -0.15) is 30.7 Å². The molecule has 9 heteroatoms. The molecule has 108 valence electrons. The van der Waals surface area contributed by atoms with Gasteiger partial charge in [0.25, 0.3) is 0 Å². The second kappa shape index (κ2) is 5.24. The highest BCUT2D eigenvalue weighted by Crippen LogP contribution is 2.37. The molecule has 0 heterocycles. The molecule has 1 aromatic carbocycles. The van der Waals surface area contributed by atoms with Crippen molar-refractivity contribution in [1.29, 1.82) is 0 Å². The predicted molar refractivity (Wildman–Crippen MR) is 51.0 cm³/mol. The molecular formula is C10H8F7NO. The van der Waals surface area contributed by atoms with Crippen molar-refractivity contribution in [2.24, 2.45) is 5.73 Å². The van der Waals surface area contributed by atoms with Crippen molar-refractivity contribution in [2.45, 2.75) is 24.8 Å². The summed E-state index contributed by atoms with van der Waals surface area (Å²) >= 11 is 0. The lowest BCUT2D eigenvalue weighted by molar-refractivity contribution is -0.254. The van der Waals surface area contributed by atoms with Crippen LogP contribution in [0.3, 0.4) is 0 Å². The Morgan fingerprint density at radius 2 is 1.53 bits per heavy atom. The number of benzene rings is 1. The van der Waals surface area contributed by atoms with Crippen LogP contribution in [-0.2, 0) is 0 Å². The minimum atomic E-state index is -4.92. The maximum Gasteiger partial charge on any atom is 0.461 e. The Morgan fingerprint density at radius 1 is 1.00 bits per heavy atom. The Labute approximate surface area is 103 Å². The first-order chi connectivity index (χ1) is 8.55. The summed E-state index contributed by atoms with van der Waals surface area (Å²) in [5.74, 6) is -1.04. The average molecular weight is 291 g/mol. The number of hydrogen-bond donors (Lipinski definition) is 1. The number of ether oxygens (including phenoxy) is 1. The summed E-state index contributed by atoms with van der Waals surface area (Å²) in [7, 11) is 0. The molecule has 2 N–H and O–H groups in total. The van der Waals surface area contributed by atoms with E-state index in [9.17, 15) is 30.7 Å². The van der Waals surface area contributed by atoms with Gasteiger partial charge >= 0.3 is 18.7 Å². The van der Waals surface area contributed by atoms with Crippen LogP contribution in [0.2, 0.25) is 0 Å². The van der Waals surface area contributed by atoms with Crippen LogP contribution in [0.5, 0.6) is 5.75 Å². The van der Waals surface area contributed by atoms with Gasteiger partial charge < -0.3 is 10.5 Å². The normalized spacial score (nSPS) is 14.6. The highest BCUT2D eigenvalue weighted by atomic mass is 19.4. The summed E-state index contributed by atoms with van der Waals surface area (Å²) < 4.78 is 90.0. The van der Waals surface area contributed by atoms with Crippen LogP contribution >= 0.6 is 0 Å². The molecule has 2 nitrogen and oxygen atoms in total. The standard InChI is InChI=1S/C10H8F7NO/c11-8(12)10(16,17)19-6-4-2-1-3-5(6)7(18)9(13,14)15/h1-4,7-8H,18H2/t7-/m0/s1. The highest BCUT2D eigenvalue weighted by Gasteiger charge is 2.46. The third kappa shape index (κ3) is 3.72. The van der Waals surface area contributed by atoms with Gasteiger partial charge in [-0.15, -0.1) is 0 Å². The molecule has 0 spiro atoms. The Morgan fingerprint density at radius 3 is 2.00 bits per heavy atom. The summed E-state index contributed by atoms with van der Waals surface area (Å²) in [6.07, 6.45) is -14.0. The van der Waals surface area contributed by atoms with Crippen LogP contribution in [0.1, 0.15) is 11.6 Å². The van der Waals surface area contributed by atoms with Crippen molar-refractivity contribution >= 4 is 0 Å². The van der Waals surface area contributed by atoms with E-state index < -0.39 is 36.1 Å².